The van der Waals surface area contributed by atoms with Crippen molar-refractivity contribution in [2.24, 2.45) is 0 Å². The predicted octanol–water partition coefficient (Wildman–Crippen LogP) is 4.18. The summed E-state index contributed by atoms with van der Waals surface area (Å²) in [6.07, 6.45) is 0. The lowest BCUT2D eigenvalue weighted by molar-refractivity contribution is -0.384. The number of H-pyrrole nitrogens is 1. The first kappa shape index (κ1) is 12.2. The lowest BCUT2D eigenvalue weighted by Gasteiger charge is -2.05. The van der Waals surface area contributed by atoms with E-state index in [1.165, 1.54) is 12.1 Å². The molecule has 1 aromatic heterocycles. The van der Waals surface area contributed by atoms with Crippen LogP contribution in [-0.2, 0) is 0 Å². The van der Waals surface area contributed by atoms with Crippen molar-refractivity contribution in [2.45, 2.75) is 6.92 Å². The van der Waals surface area contributed by atoms with Gasteiger partial charge in [0.25, 0.3) is 5.69 Å². The summed E-state index contributed by atoms with van der Waals surface area (Å²) in [5.41, 5.74) is 2.19. The van der Waals surface area contributed by atoms with Gasteiger partial charge in [-0.1, -0.05) is 0 Å². The number of aromatic amines is 1. The van der Waals surface area contributed by atoms with Crippen LogP contribution in [-0.4, -0.2) is 9.91 Å². The van der Waals surface area contributed by atoms with E-state index in [-0.39, 0.29) is 5.69 Å². The number of ether oxygens (including phenoxy) is 1. The van der Waals surface area contributed by atoms with E-state index in [0.717, 1.165) is 16.6 Å². The molecule has 1 N–H and O–H groups in total. The molecule has 0 amide bonds. The monoisotopic (exact) mass is 268 g/mol. The number of fused-ring (bicyclic) bond motifs is 1. The summed E-state index contributed by atoms with van der Waals surface area (Å²) in [5, 5.41) is 11.7. The molecule has 3 aromatic rings. The van der Waals surface area contributed by atoms with E-state index in [4.69, 9.17) is 4.74 Å². The van der Waals surface area contributed by atoms with Gasteiger partial charge in [-0.25, -0.2) is 0 Å². The fraction of sp³-hybridized carbons (Fsp3) is 0.0667. The van der Waals surface area contributed by atoms with Crippen molar-refractivity contribution < 1.29 is 9.66 Å². The van der Waals surface area contributed by atoms with Gasteiger partial charge in [0.05, 0.1) is 4.92 Å². The summed E-state index contributed by atoms with van der Waals surface area (Å²) < 4.78 is 5.69. The van der Waals surface area contributed by atoms with Crippen LogP contribution in [0.1, 0.15) is 5.69 Å². The van der Waals surface area contributed by atoms with Crippen molar-refractivity contribution in [1.82, 2.24) is 4.98 Å². The third-order valence-corrected chi connectivity index (χ3v) is 3.01. The lowest BCUT2D eigenvalue weighted by Crippen LogP contribution is -1.88. The highest BCUT2D eigenvalue weighted by atomic mass is 16.6. The van der Waals surface area contributed by atoms with Crippen LogP contribution < -0.4 is 4.74 Å². The molecule has 0 spiro atoms. The van der Waals surface area contributed by atoms with Crippen LogP contribution in [0, 0.1) is 17.0 Å². The van der Waals surface area contributed by atoms with Crippen molar-refractivity contribution in [3.05, 3.63) is 64.3 Å². The Morgan fingerprint density at radius 3 is 2.45 bits per heavy atom. The number of non-ortho nitro benzene ring substituents is 1. The Labute approximate surface area is 115 Å². The predicted molar refractivity (Wildman–Crippen MR) is 76.2 cm³/mol. The molecule has 20 heavy (non-hydrogen) atoms. The largest absolute Gasteiger partial charge is 0.457 e. The van der Waals surface area contributed by atoms with E-state index in [1.807, 2.05) is 31.2 Å². The number of rotatable bonds is 3. The Morgan fingerprint density at radius 2 is 1.75 bits per heavy atom. The maximum absolute atomic E-state index is 10.6. The second-order valence-corrected chi connectivity index (χ2v) is 4.55. The Balaban J connectivity index is 1.86. The van der Waals surface area contributed by atoms with E-state index < -0.39 is 4.92 Å². The molecule has 3 rings (SSSR count). The number of nitrogens with one attached hydrogen (secondary N) is 1. The SMILES string of the molecule is Cc1cc2cc(Oc3ccc([N+](=O)[O-])cc3)ccc2[nH]1. The number of nitro benzene ring substituents is 1. The van der Waals surface area contributed by atoms with Gasteiger partial charge in [-0.2, -0.15) is 0 Å². The molecule has 0 saturated carbocycles. The van der Waals surface area contributed by atoms with Crippen LogP contribution in [0.4, 0.5) is 5.69 Å². The quantitative estimate of drug-likeness (QED) is 0.572. The van der Waals surface area contributed by atoms with Crippen molar-refractivity contribution >= 4 is 16.6 Å². The van der Waals surface area contributed by atoms with Gasteiger partial charge in [-0.15, -0.1) is 0 Å². The van der Waals surface area contributed by atoms with Crippen molar-refractivity contribution in [3.8, 4) is 11.5 Å². The molecular formula is C15H12N2O3. The van der Waals surface area contributed by atoms with E-state index in [0.29, 0.717) is 11.5 Å². The number of nitrogens with zero attached hydrogens (tertiary/aromatic N) is 1. The Morgan fingerprint density at radius 1 is 1.05 bits per heavy atom. The van der Waals surface area contributed by atoms with Crippen LogP contribution in [0.2, 0.25) is 0 Å². The number of benzene rings is 2. The molecule has 0 unspecified atom stereocenters. The summed E-state index contributed by atoms with van der Waals surface area (Å²) >= 11 is 0. The summed E-state index contributed by atoms with van der Waals surface area (Å²) in [7, 11) is 0. The molecule has 2 aromatic carbocycles. The molecule has 5 nitrogen and oxygen atoms in total. The minimum absolute atomic E-state index is 0.0501. The molecule has 0 atom stereocenters. The number of hydrogen-bond acceptors (Lipinski definition) is 3. The van der Waals surface area contributed by atoms with E-state index in [1.54, 1.807) is 12.1 Å². The molecule has 0 aliphatic carbocycles. The van der Waals surface area contributed by atoms with E-state index in [2.05, 4.69) is 4.98 Å². The molecule has 0 bridgehead atoms. The highest BCUT2D eigenvalue weighted by Gasteiger charge is 2.06. The third kappa shape index (κ3) is 2.33. The smallest absolute Gasteiger partial charge is 0.269 e. The zero-order chi connectivity index (χ0) is 14.1. The molecular weight excluding hydrogens is 256 g/mol. The van der Waals surface area contributed by atoms with Crippen molar-refractivity contribution in [2.75, 3.05) is 0 Å². The van der Waals surface area contributed by atoms with Crippen molar-refractivity contribution in [1.29, 1.82) is 0 Å². The number of hydrogen-bond donors (Lipinski definition) is 1. The first-order valence-corrected chi connectivity index (χ1v) is 6.13. The maximum Gasteiger partial charge on any atom is 0.269 e. The van der Waals surface area contributed by atoms with Gasteiger partial charge in [0, 0.05) is 28.7 Å². The molecule has 0 radical (unpaired) electrons. The standard InChI is InChI=1S/C15H12N2O3/c1-10-8-11-9-14(6-7-15(11)16-10)20-13-4-2-12(3-5-13)17(18)19/h2-9,16H,1H3. The van der Waals surface area contributed by atoms with Crippen LogP contribution in [0.5, 0.6) is 11.5 Å². The summed E-state index contributed by atoms with van der Waals surface area (Å²) in [6.45, 7) is 2.00. The molecule has 0 aliphatic rings. The van der Waals surface area contributed by atoms with E-state index >= 15 is 0 Å². The Kier molecular flexibility index (Phi) is 2.87. The zero-order valence-corrected chi connectivity index (χ0v) is 10.8. The minimum Gasteiger partial charge on any atom is -0.457 e. The maximum atomic E-state index is 10.6. The van der Waals surface area contributed by atoms with Gasteiger partial charge in [0.1, 0.15) is 11.5 Å². The highest BCUT2D eigenvalue weighted by molar-refractivity contribution is 5.81. The summed E-state index contributed by atoms with van der Waals surface area (Å²) in [6, 6.07) is 13.8. The first-order chi connectivity index (χ1) is 9.61. The Hall–Kier alpha value is -2.82. The fourth-order valence-electron chi connectivity index (χ4n) is 2.09. The average Bonchev–Trinajstić information content (AvgIpc) is 2.78. The minimum atomic E-state index is -0.432. The van der Waals surface area contributed by atoms with Gasteiger partial charge in [0.2, 0.25) is 0 Å². The van der Waals surface area contributed by atoms with E-state index in [9.17, 15) is 10.1 Å². The van der Waals surface area contributed by atoms with Gasteiger partial charge in [0.15, 0.2) is 0 Å². The normalized spacial score (nSPS) is 10.7. The topological polar surface area (TPSA) is 68.2 Å². The van der Waals surface area contributed by atoms with Gasteiger partial charge in [-0.3, -0.25) is 10.1 Å². The number of aryl methyl sites for hydroxylation is 1. The second-order valence-electron chi connectivity index (χ2n) is 4.55. The van der Waals surface area contributed by atoms with Gasteiger partial charge < -0.3 is 9.72 Å². The van der Waals surface area contributed by atoms with Crippen LogP contribution >= 0.6 is 0 Å². The van der Waals surface area contributed by atoms with Crippen LogP contribution in [0.3, 0.4) is 0 Å². The van der Waals surface area contributed by atoms with Gasteiger partial charge >= 0.3 is 0 Å². The Bertz CT molecular complexity index is 775. The number of nitro groups is 1. The average molecular weight is 268 g/mol. The summed E-state index contributed by atoms with van der Waals surface area (Å²) in [5.74, 6) is 1.27. The molecule has 0 saturated heterocycles. The molecule has 100 valence electrons. The third-order valence-electron chi connectivity index (χ3n) is 3.01. The zero-order valence-electron chi connectivity index (χ0n) is 10.8. The summed E-state index contributed by atoms with van der Waals surface area (Å²) in [4.78, 5) is 13.4. The lowest BCUT2D eigenvalue weighted by atomic mass is 10.2. The molecule has 5 heteroatoms. The molecule has 0 aliphatic heterocycles. The fourth-order valence-corrected chi connectivity index (χ4v) is 2.09. The number of aromatic nitrogens is 1. The van der Waals surface area contributed by atoms with Gasteiger partial charge in [-0.05, 0) is 43.3 Å². The first-order valence-electron chi connectivity index (χ1n) is 6.13. The molecule has 1 heterocycles. The van der Waals surface area contributed by atoms with Crippen molar-refractivity contribution in [3.63, 3.8) is 0 Å². The highest BCUT2D eigenvalue weighted by Crippen LogP contribution is 2.27. The second kappa shape index (κ2) is 4.70. The molecule has 0 fully saturated rings. The van der Waals surface area contributed by atoms with Crippen LogP contribution in [0.15, 0.2) is 48.5 Å². The van der Waals surface area contributed by atoms with Crippen LogP contribution in [0.25, 0.3) is 10.9 Å².